The Morgan fingerprint density at radius 1 is 1.38 bits per heavy atom. The molecular weight excluding hydrogens is 413 g/mol. The third-order valence-electron chi connectivity index (χ3n) is 4.23. The smallest absolute Gasteiger partial charge is 0.242 e. The van der Waals surface area contributed by atoms with Crippen LogP contribution in [0.25, 0.3) is 0 Å². The first-order chi connectivity index (χ1) is 13.9. The van der Waals surface area contributed by atoms with Crippen molar-refractivity contribution in [3.8, 4) is 0 Å². The van der Waals surface area contributed by atoms with Crippen LogP contribution in [0.1, 0.15) is 12.0 Å². The van der Waals surface area contributed by atoms with Gasteiger partial charge in [-0.25, -0.2) is 9.38 Å². The highest BCUT2D eigenvalue weighted by Crippen LogP contribution is 2.33. The fourth-order valence-electron chi connectivity index (χ4n) is 2.72. The molecule has 150 valence electrons. The van der Waals surface area contributed by atoms with Crippen LogP contribution in [0, 0.1) is 12.7 Å². The molecule has 1 unspecified atom stereocenters. The molecule has 1 aliphatic rings. The van der Waals surface area contributed by atoms with Gasteiger partial charge in [0.2, 0.25) is 11.8 Å². The van der Waals surface area contributed by atoms with E-state index >= 15 is 0 Å². The van der Waals surface area contributed by atoms with Crippen molar-refractivity contribution in [2.75, 3.05) is 11.9 Å². The van der Waals surface area contributed by atoms with Gasteiger partial charge >= 0.3 is 0 Å². The van der Waals surface area contributed by atoms with Crippen molar-refractivity contribution in [2.45, 2.75) is 18.6 Å². The highest BCUT2D eigenvalue weighted by Gasteiger charge is 2.38. The van der Waals surface area contributed by atoms with Gasteiger partial charge < -0.3 is 5.32 Å². The summed E-state index contributed by atoms with van der Waals surface area (Å²) >= 11 is 7.35. The first-order valence-corrected chi connectivity index (χ1v) is 10.1. The summed E-state index contributed by atoms with van der Waals surface area (Å²) in [6, 6.07) is 11.3. The number of aryl methyl sites for hydroxylation is 1. The second kappa shape index (κ2) is 9.24. The van der Waals surface area contributed by atoms with Gasteiger partial charge in [0.15, 0.2) is 5.17 Å². The van der Waals surface area contributed by atoms with Crippen molar-refractivity contribution in [1.29, 1.82) is 0 Å². The maximum absolute atomic E-state index is 13.7. The van der Waals surface area contributed by atoms with Crippen molar-refractivity contribution in [3.05, 3.63) is 71.5 Å². The summed E-state index contributed by atoms with van der Waals surface area (Å²) in [7, 11) is 0. The molecular formula is C21H19ClFN3O2S. The number of hydrogen-bond acceptors (Lipinski definition) is 4. The summed E-state index contributed by atoms with van der Waals surface area (Å²) in [6.45, 7) is 5.84. The molecule has 1 fully saturated rings. The van der Waals surface area contributed by atoms with Crippen LogP contribution >= 0.6 is 23.4 Å². The van der Waals surface area contributed by atoms with Gasteiger partial charge in [-0.1, -0.05) is 47.6 Å². The average Bonchev–Trinajstić information content (AvgIpc) is 2.95. The van der Waals surface area contributed by atoms with E-state index in [1.165, 1.54) is 34.9 Å². The Hall–Kier alpha value is -2.64. The fraction of sp³-hybridized carbons (Fsp3) is 0.190. The number of amidine groups is 1. The van der Waals surface area contributed by atoms with Crippen LogP contribution in [-0.4, -0.2) is 33.7 Å². The molecule has 1 saturated heterocycles. The van der Waals surface area contributed by atoms with Crippen LogP contribution in [-0.2, 0) is 9.59 Å². The monoisotopic (exact) mass is 431 g/mol. The zero-order valence-corrected chi connectivity index (χ0v) is 17.3. The van der Waals surface area contributed by atoms with Gasteiger partial charge in [0.25, 0.3) is 0 Å². The summed E-state index contributed by atoms with van der Waals surface area (Å²) < 4.78 is 13.7. The van der Waals surface area contributed by atoms with E-state index < -0.39 is 17.0 Å². The van der Waals surface area contributed by atoms with E-state index in [-0.39, 0.29) is 24.6 Å². The Balaban J connectivity index is 1.76. The summed E-state index contributed by atoms with van der Waals surface area (Å²) in [5.41, 5.74) is 1.62. The van der Waals surface area contributed by atoms with E-state index in [9.17, 15) is 14.0 Å². The number of carbonyl (C=O) groups excluding carboxylic acids is 2. The standard InChI is InChI=1S/C21H19ClFN3O2S/c1-3-10-26-20(28)18(12-19(27)25-17-7-5-4-6-16(17)23)29-21(26)24-14-9-8-13(2)15(22)11-14/h3-9,11,18H,1,10,12H2,2H3,(H,25,27). The molecule has 0 spiro atoms. The predicted molar refractivity (Wildman–Crippen MR) is 116 cm³/mol. The van der Waals surface area contributed by atoms with Gasteiger partial charge in [0.1, 0.15) is 11.1 Å². The zero-order valence-electron chi connectivity index (χ0n) is 15.7. The molecule has 1 N–H and O–H groups in total. The van der Waals surface area contributed by atoms with Crippen LogP contribution in [0.5, 0.6) is 0 Å². The quantitative estimate of drug-likeness (QED) is 0.659. The minimum atomic E-state index is -0.651. The molecule has 1 heterocycles. The van der Waals surface area contributed by atoms with E-state index in [0.717, 1.165) is 5.56 Å². The van der Waals surface area contributed by atoms with Crippen LogP contribution in [0.2, 0.25) is 5.02 Å². The van der Waals surface area contributed by atoms with Crippen LogP contribution in [0.3, 0.4) is 0 Å². The number of nitrogens with one attached hydrogen (secondary N) is 1. The highest BCUT2D eigenvalue weighted by molar-refractivity contribution is 8.15. The SMILES string of the molecule is C=CCN1C(=O)C(CC(=O)Nc2ccccc2F)SC1=Nc1ccc(C)c(Cl)c1. The lowest BCUT2D eigenvalue weighted by molar-refractivity contribution is -0.127. The number of amides is 2. The van der Waals surface area contributed by atoms with E-state index in [1.807, 2.05) is 19.1 Å². The average molecular weight is 432 g/mol. The zero-order chi connectivity index (χ0) is 21.0. The van der Waals surface area contributed by atoms with E-state index in [2.05, 4.69) is 16.9 Å². The number of anilines is 1. The molecule has 2 amide bonds. The fourth-order valence-corrected chi connectivity index (χ4v) is 4.06. The minimum Gasteiger partial charge on any atom is -0.324 e. The molecule has 0 aliphatic carbocycles. The molecule has 3 rings (SSSR count). The third-order valence-corrected chi connectivity index (χ3v) is 5.81. The second-order valence-electron chi connectivity index (χ2n) is 6.40. The lowest BCUT2D eigenvalue weighted by atomic mass is 10.2. The first-order valence-electron chi connectivity index (χ1n) is 8.87. The van der Waals surface area contributed by atoms with Crippen molar-refractivity contribution in [1.82, 2.24) is 4.90 Å². The van der Waals surface area contributed by atoms with Gasteiger partial charge in [-0.05, 0) is 36.8 Å². The van der Waals surface area contributed by atoms with Crippen LogP contribution < -0.4 is 5.32 Å². The molecule has 2 aromatic rings. The molecule has 1 aliphatic heterocycles. The summed E-state index contributed by atoms with van der Waals surface area (Å²) in [5, 5.41) is 2.91. The Labute approximate surface area is 177 Å². The highest BCUT2D eigenvalue weighted by atomic mass is 35.5. The van der Waals surface area contributed by atoms with Crippen molar-refractivity contribution >= 4 is 51.7 Å². The maximum Gasteiger partial charge on any atom is 0.242 e. The van der Waals surface area contributed by atoms with Gasteiger partial charge in [0, 0.05) is 18.0 Å². The molecule has 29 heavy (non-hydrogen) atoms. The number of carbonyl (C=O) groups is 2. The number of thioether (sulfide) groups is 1. The molecule has 0 radical (unpaired) electrons. The van der Waals surface area contributed by atoms with E-state index in [4.69, 9.17) is 11.6 Å². The molecule has 0 aromatic heterocycles. The molecule has 0 bridgehead atoms. The number of aliphatic imine (C=N–C) groups is 1. The Morgan fingerprint density at radius 3 is 2.83 bits per heavy atom. The van der Waals surface area contributed by atoms with Gasteiger partial charge in [-0.15, -0.1) is 6.58 Å². The minimum absolute atomic E-state index is 0.0825. The topological polar surface area (TPSA) is 61.8 Å². The molecule has 8 heteroatoms. The van der Waals surface area contributed by atoms with Gasteiger partial charge in [-0.3, -0.25) is 14.5 Å². The summed E-state index contributed by atoms with van der Waals surface area (Å²) in [6.07, 6.45) is 1.50. The van der Waals surface area contributed by atoms with Crippen molar-refractivity contribution in [2.24, 2.45) is 4.99 Å². The Bertz CT molecular complexity index is 996. The molecule has 1 atom stereocenters. The van der Waals surface area contributed by atoms with Crippen LogP contribution in [0.15, 0.2) is 60.1 Å². The largest absolute Gasteiger partial charge is 0.324 e. The number of benzene rings is 2. The summed E-state index contributed by atoms with van der Waals surface area (Å²) in [5.74, 6) is -1.22. The van der Waals surface area contributed by atoms with Crippen molar-refractivity contribution in [3.63, 3.8) is 0 Å². The Morgan fingerprint density at radius 2 is 2.14 bits per heavy atom. The van der Waals surface area contributed by atoms with E-state index in [1.54, 1.807) is 18.2 Å². The number of para-hydroxylation sites is 1. The molecule has 5 nitrogen and oxygen atoms in total. The van der Waals surface area contributed by atoms with Gasteiger partial charge in [0.05, 0.1) is 11.4 Å². The first kappa shape index (κ1) is 21.1. The van der Waals surface area contributed by atoms with Crippen molar-refractivity contribution < 1.29 is 14.0 Å². The second-order valence-corrected chi connectivity index (χ2v) is 7.98. The number of hydrogen-bond donors (Lipinski definition) is 1. The third kappa shape index (κ3) is 5.05. The van der Waals surface area contributed by atoms with Crippen LogP contribution in [0.4, 0.5) is 15.8 Å². The lowest BCUT2D eigenvalue weighted by Crippen LogP contribution is -2.33. The number of rotatable bonds is 6. The Kier molecular flexibility index (Phi) is 6.71. The predicted octanol–water partition coefficient (Wildman–Crippen LogP) is 4.93. The lowest BCUT2D eigenvalue weighted by Gasteiger charge is -2.14. The number of halogens is 2. The normalized spacial score (nSPS) is 17.6. The maximum atomic E-state index is 13.7. The molecule has 2 aromatic carbocycles. The molecule has 0 saturated carbocycles. The summed E-state index contributed by atoms with van der Waals surface area (Å²) in [4.78, 5) is 31.1. The number of nitrogens with zero attached hydrogens (tertiary/aromatic N) is 2. The van der Waals surface area contributed by atoms with Gasteiger partial charge in [-0.2, -0.15) is 0 Å². The van der Waals surface area contributed by atoms with E-state index in [0.29, 0.717) is 15.9 Å².